The average molecular weight is 408 g/mol. The number of ether oxygens (including phenoxy) is 2. The van der Waals surface area contributed by atoms with E-state index in [9.17, 15) is 4.79 Å². The molecule has 1 aliphatic rings. The molecule has 4 rings (SSSR count). The van der Waals surface area contributed by atoms with E-state index in [0.29, 0.717) is 18.0 Å². The Morgan fingerprint density at radius 3 is 2.76 bits per heavy atom. The van der Waals surface area contributed by atoms with Crippen LogP contribution in [0.5, 0.6) is 5.75 Å². The number of para-hydroxylation sites is 1. The largest absolute Gasteiger partial charge is 0.486 e. The number of halogens is 1. The Morgan fingerprint density at radius 2 is 1.93 bits per heavy atom. The van der Waals surface area contributed by atoms with Crippen molar-refractivity contribution in [3.05, 3.63) is 88.4 Å². The van der Waals surface area contributed by atoms with Gasteiger partial charge in [0.2, 0.25) is 0 Å². The monoisotopic (exact) mass is 407 g/mol. The van der Waals surface area contributed by atoms with Gasteiger partial charge in [-0.25, -0.2) is 4.79 Å². The van der Waals surface area contributed by atoms with Crippen LogP contribution in [0, 0.1) is 6.92 Å². The molecule has 0 saturated carbocycles. The summed E-state index contributed by atoms with van der Waals surface area (Å²) in [6.07, 6.45) is 0.0572. The molecule has 0 fully saturated rings. The maximum atomic E-state index is 12.0. The average Bonchev–Trinajstić information content (AvgIpc) is 3.16. The summed E-state index contributed by atoms with van der Waals surface area (Å²) in [6, 6.07) is 21.7. The van der Waals surface area contributed by atoms with Crippen molar-refractivity contribution < 1.29 is 14.3 Å². The molecule has 0 aromatic heterocycles. The highest BCUT2D eigenvalue weighted by Crippen LogP contribution is 2.40. The van der Waals surface area contributed by atoms with Gasteiger partial charge >= 0.3 is 6.09 Å². The van der Waals surface area contributed by atoms with E-state index in [1.807, 2.05) is 66.7 Å². The Kier molecular flexibility index (Phi) is 5.72. The molecule has 148 valence electrons. The smallest absolute Gasteiger partial charge is 0.407 e. The van der Waals surface area contributed by atoms with Crippen LogP contribution in [0.15, 0.2) is 66.7 Å². The number of hydrogen-bond acceptors (Lipinski definition) is 3. The molecule has 0 radical (unpaired) electrons. The number of hydrogen-bond donors (Lipinski definition) is 1. The summed E-state index contributed by atoms with van der Waals surface area (Å²) < 4.78 is 11.5. The molecule has 0 bridgehead atoms. The van der Waals surface area contributed by atoms with E-state index in [2.05, 4.69) is 12.2 Å². The fraction of sp³-hybridized carbons (Fsp3) is 0.208. The molecule has 1 aliphatic heterocycles. The number of alkyl carbamates (subject to hydrolysis) is 1. The number of rotatable bonds is 5. The predicted octanol–water partition coefficient (Wildman–Crippen LogP) is 5.55. The summed E-state index contributed by atoms with van der Waals surface area (Å²) in [4.78, 5) is 12.0. The Labute approximate surface area is 175 Å². The highest BCUT2D eigenvalue weighted by molar-refractivity contribution is 6.30. The molecule has 29 heavy (non-hydrogen) atoms. The van der Waals surface area contributed by atoms with Crippen LogP contribution in [0.3, 0.4) is 0 Å². The molecular formula is C24H22ClNO3. The molecule has 1 unspecified atom stereocenters. The van der Waals surface area contributed by atoms with Gasteiger partial charge in [-0.15, -0.1) is 0 Å². The molecule has 0 saturated heterocycles. The third-order valence-electron chi connectivity index (χ3n) is 5.00. The molecule has 3 aromatic rings. The minimum atomic E-state index is -0.445. The maximum Gasteiger partial charge on any atom is 0.407 e. The molecule has 5 heteroatoms. The molecule has 3 aromatic carbocycles. The van der Waals surface area contributed by atoms with Crippen molar-refractivity contribution in [2.75, 3.05) is 6.61 Å². The van der Waals surface area contributed by atoms with E-state index in [1.54, 1.807) is 0 Å². The fourth-order valence-corrected chi connectivity index (χ4v) is 3.69. The number of nitrogens with one attached hydrogen (secondary N) is 1. The first kappa shape index (κ1) is 19.3. The van der Waals surface area contributed by atoms with E-state index in [1.165, 1.54) is 0 Å². The van der Waals surface area contributed by atoms with Gasteiger partial charge in [-0.3, -0.25) is 0 Å². The summed E-state index contributed by atoms with van der Waals surface area (Å²) >= 11 is 6.20. The summed E-state index contributed by atoms with van der Waals surface area (Å²) in [5.41, 5.74) is 5.33. The first-order valence-electron chi connectivity index (χ1n) is 9.60. The van der Waals surface area contributed by atoms with Crippen molar-refractivity contribution in [1.82, 2.24) is 5.32 Å². The topological polar surface area (TPSA) is 47.6 Å². The maximum absolute atomic E-state index is 12.0. The Balaban J connectivity index is 1.38. The van der Waals surface area contributed by atoms with Crippen LogP contribution in [-0.2, 0) is 17.7 Å². The number of aryl methyl sites for hydroxylation is 1. The lowest BCUT2D eigenvalue weighted by Gasteiger charge is -2.14. The minimum absolute atomic E-state index is 0.198. The van der Waals surface area contributed by atoms with Crippen molar-refractivity contribution in [3.8, 4) is 16.9 Å². The molecule has 1 amide bonds. The van der Waals surface area contributed by atoms with Gasteiger partial charge in [0.1, 0.15) is 18.5 Å². The normalized spacial score (nSPS) is 14.8. The molecule has 1 atom stereocenters. The highest BCUT2D eigenvalue weighted by atomic mass is 35.5. The van der Waals surface area contributed by atoms with Crippen LogP contribution in [0.1, 0.15) is 16.7 Å². The third kappa shape index (κ3) is 4.54. The zero-order valence-corrected chi connectivity index (χ0v) is 16.9. The minimum Gasteiger partial charge on any atom is -0.486 e. The van der Waals surface area contributed by atoms with Crippen LogP contribution < -0.4 is 10.1 Å². The summed E-state index contributed by atoms with van der Waals surface area (Å²) in [6.45, 7) is 2.69. The lowest BCUT2D eigenvalue weighted by molar-refractivity contribution is 0.0924. The van der Waals surface area contributed by atoms with Crippen LogP contribution in [0.4, 0.5) is 4.79 Å². The number of amides is 1. The van der Waals surface area contributed by atoms with Crippen molar-refractivity contribution >= 4 is 17.7 Å². The van der Waals surface area contributed by atoms with Crippen molar-refractivity contribution in [1.29, 1.82) is 0 Å². The summed E-state index contributed by atoms with van der Waals surface area (Å²) in [7, 11) is 0. The standard InChI is InChI=1S/C24H22ClNO3/c1-16-10-11-19(25)13-22(16)21-9-5-8-18-12-20(29-23(18)21)15-28-24(27)26-14-17-6-3-2-4-7-17/h2-11,13,20H,12,14-15H2,1H3,(H,26,27). The number of benzene rings is 3. The number of fused-ring (bicyclic) bond motifs is 1. The van der Waals surface area contributed by atoms with Gasteiger partial charge in [0, 0.05) is 23.6 Å². The van der Waals surface area contributed by atoms with Crippen LogP contribution in [0.25, 0.3) is 11.1 Å². The number of carbonyl (C=O) groups excluding carboxylic acids is 1. The SMILES string of the molecule is Cc1ccc(Cl)cc1-c1cccc2c1OC(COC(=O)NCc1ccccc1)C2. The second kappa shape index (κ2) is 8.58. The quantitative estimate of drug-likeness (QED) is 0.603. The van der Waals surface area contributed by atoms with Crippen molar-refractivity contribution in [3.63, 3.8) is 0 Å². The zero-order valence-electron chi connectivity index (χ0n) is 16.2. The van der Waals surface area contributed by atoms with Gasteiger partial charge in [-0.2, -0.15) is 0 Å². The second-order valence-corrected chi connectivity index (χ2v) is 7.57. The van der Waals surface area contributed by atoms with E-state index in [4.69, 9.17) is 21.1 Å². The molecule has 4 nitrogen and oxygen atoms in total. The Morgan fingerprint density at radius 1 is 1.10 bits per heavy atom. The van der Waals surface area contributed by atoms with Crippen molar-refractivity contribution in [2.45, 2.75) is 26.0 Å². The van der Waals surface area contributed by atoms with Crippen LogP contribution in [0.2, 0.25) is 5.02 Å². The summed E-state index contributed by atoms with van der Waals surface area (Å²) in [5, 5.41) is 3.45. The first-order chi connectivity index (χ1) is 14.1. The number of carbonyl (C=O) groups is 1. The lowest BCUT2D eigenvalue weighted by atomic mass is 9.97. The third-order valence-corrected chi connectivity index (χ3v) is 5.23. The second-order valence-electron chi connectivity index (χ2n) is 7.13. The molecular weight excluding hydrogens is 386 g/mol. The van der Waals surface area contributed by atoms with E-state index in [0.717, 1.165) is 33.6 Å². The molecule has 0 aliphatic carbocycles. The first-order valence-corrected chi connectivity index (χ1v) is 9.97. The van der Waals surface area contributed by atoms with Gasteiger partial charge in [0.05, 0.1) is 0 Å². The van der Waals surface area contributed by atoms with E-state index >= 15 is 0 Å². The Bertz CT molecular complexity index is 1020. The molecule has 1 N–H and O–H groups in total. The molecule has 1 heterocycles. The van der Waals surface area contributed by atoms with Gasteiger partial charge in [0.25, 0.3) is 0 Å². The Hall–Kier alpha value is -2.98. The lowest BCUT2D eigenvalue weighted by Crippen LogP contribution is -2.29. The van der Waals surface area contributed by atoms with Crippen molar-refractivity contribution in [2.24, 2.45) is 0 Å². The van der Waals surface area contributed by atoms with E-state index < -0.39 is 6.09 Å². The molecule has 0 spiro atoms. The fourth-order valence-electron chi connectivity index (χ4n) is 3.52. The van der Waals surface area contributed by atoms with E-state index in [-0.39, 0.29) is 12.7 Å². The van der Waals surface area contributed by atoms with Crippen LogP contribution in [-0.4, -0.2) is 18.8 Å². The van der Waals surface area contributed by atoms with Gasteiger partial charge in [-0.1, -0.05) is 66.2 Å². The zero-order chi connectivity index (χ0) is 20.2. The van der Waals surface area contributed by atoms with Gasteiger partial charge in [0.15, 0.2) is 0 Å². The van der Waals surface area contributed by atoms with Crippen LogP contribution >= 0.6 is 11.6 Å². The van der Waals surface area contributed by atoms with Gasteiger partial charge < -0.3 is 14.8 Å². The highest BCUT2D eigenvalue weighted by Gasteiger charge is 2.27. The summed E-state index contributed by atoms with van der Waals surface area (Å²) in [5.74, 6) is 0.844. The van der Waals surface area contributed by atoms with Gasteiger partial charge in [-0.05, 0) is 41.3 Å². The predicted molar refractivity (Wildman–Crippen MR) is 114 cm³/mol.